The second kappa shape index (κ2) is 11.6. The molecule has 2 aliphatic rings. The van der Waals surface area contributed by atoms with Crippen molar-refractivity contribution in [1.29, 1.82) is 0 Å². The van der Waals surface area contributed by atoms with Gasteiger partial charge in [-0.1, -0.05) is 26.7 Å². The third kappa shape index (κ3) is 8.57. The fraction of sp³-hybridized carbons (Fsp3) is 0.870. The first kappa shape index (κ1) is 25.3. The van der Waals surface area contributed by atoms with Crippen molar-refractivity contribution in [3.8, 4) is 0 Å². The van der Waals surface area contributed by atoms with Crippen molar-refractivity contribution in [2.45, 2.75) is 91.3 Å². The van der Waals surface area contributed by atoms with E-state index in [4.69, 9.17) is 9.73 Å². The molecule has 1 aliphatic heterocycles. The summed E-state index contributed by atoms with van der Waals surface area (Å²) in [5.74, 6) is 1.49. The van der Waals surface area contributed by atoms with Crippen LogP contribution in [0.2, 0.25) is 0 Å². The Bertz CT molecular complexity index is 623. The Hall–Kier alpha value is -1.99. The average Bonchev–Trinajstić information content (AvgIpc) is 3.35. The molecule has 2 rings (SSSR count). The first-order valence-electron chi connectivity index (χ1n) is 11.9. The molecule has 1 saturated heterocycles. The minimum atomic E-state index is -0.532. The maximum atomic E-state index is 12.7. The molecule has 2 fully saturated rings. The van der Waals surface area contributed by atoms with Gasteiger partial charge >= 0.3 is 6.09 Å². The van der Waals surface area contributed by atoms with Gasteiger partial charge in [0.1, 0.15) is 5.60 Å². The van der Waals surface area contributed by atoms with Crippen molar-refractivity contribution in [1.82, 2.24) is 20.9 Å². The van der Waals surface area contributed by atoms with Gasteiger partial charge in [0.2, 0.25) is 5.91 Å². The lowest BCUT2D eigenvalue weighted by molar-refractivity contribution is -0.134. The van der Waals surface area contributed by atoms with E-state index in [1.165, 1.54) is 12.8 Å². The van der Waals surface area contributed by atoms with Crippen molar-refractivity contribution >= 4 is 18.0 Å². The molecule has 0 aromatic heterocycles. The number of amides is 2. The Balaban J connectivity index is 1.90. The van der Waals surface area contributed by atoms with Gasteiger partial charge in [0.15, 0.2) is 5.96 Å². The highest BCUT2D eigenvalue weighted by molar-refractivity contribution is 5.81. The Morgan fingerprint density at radius 1 is 1.16 bits per heavy atom. The molecule has 8 nitrogen and oxygen atoms in total. The number of carbonyl (C=O) groups is 2. The first-order valence-corrected chi connectivity index (χ1v) is 11.9. The molecule has 0 radical (unpaired) electrons. The molecule has 3 N–H and O–H groups in total. The molecule has 0 spiro atoms. The molecule has 0 bridgehead atoms. The lowest BCUT2D eigenvalue weighted by Gasteiger charge is -2.25. The number of nitrogens with zero attached hydrogens (tertiary/aromatic N) is 2. The van der Waals surface area contributed by atoms with Gasteiger partial charge in [0, 0.05) is 31.6 Å². The van der Waals surface area contributed by atoms with Crippen LogP contribution in [-0.2, 0) is 9.53 Å². The topological polar surface area (TPSA) is 95.1 Å². The van der Waals surface area contributed by atoms with Crippen molar-refractivity contribution in [3.63, 3.8) is 0 Å². The van der Waals surface area contributed by atoms with Crippen LogP contribution in [0.5, 0.6) is 0 Å². The van der Waals surface area contributed by atoms with Gasteiger partial charge in [-0.2, -0.15) is 0 Å². The van der Waals surface area contributed by atoms with Crippen LogP contribution >= 0.6 is 0 Å². The van der Waals surface area contributed by atoms with Crippen molar-refractivity contribution < 1.29 is 14.3 Å². The van der Waals surface area contributed by atoms with E-state index < -0.39 is 11.7 Å². The van der Waals surface area contributed by atoms with Crippen molar-refractivity contribution in [2.75, 3.05) is 26.2 Å². The molecule has 0 aromatic rings. The van der Waals surface area contributed by atoms with Crippen LogP contribution in [0.3, 0.4) is 0 Å². The van der Waals surface area contributed by atoms with Gasteiger partial charge in [-0.3, -0.25) is 9.79 Å². The van der Waals surface area contributed by atoms with Gasteiger partial charge in [-0.05, 0) is 52.9 Å². The van der Waals surface area contributed by atoms with E-state index in [-0.39, 0.29) is 23.9 Å². The second-order valence-electron chi connectivity index (χ2n) is 10.1. The van der Waals surface area contributed by atoms with E-state index in [9.17, 15) is 9.59 Å². The Morgan fingerprint density at radius 2 is 1.84 bits per heavy atom. The zero-order valence-corrected chi connectivity index (χ0v) is 20.3. The normalized spacial score (nSPS) is 21.3. The summed E-state index contributed by atoms with van der Waals surface area (Å²) in [6.45, 7) is 14.4. The predicted octanol–water partition coefficient (Wildman–Crippen LogP) is 2.88. The van der Waals surface area contributed by atoms with Crippen LogP contribution < -0.4 is 16.0 Å². The molecule has 1 saturated carbocycles. The monoisotopic (exact) mass is 437 g/mol. The van der Waals surface area contributed by atoms with Crippen molar-refractivity contribution in [2.24, 2.45) is 16.8 Å². The van der Waals surface area contributed by atoms with E-state index in [2.05, 4.69) is 29.8 Å². The van der Waals surface area contributed by atoms with Crippen LogP contribution in [0.15, 0.2) is 4.99 Å². The molecule has 178 valence electrons. The Labute approximate surface area is 187 Å². The van der Waals surface area contributed by atoms with Gasteiger partial charge in [-0.15, -0.1) is 0 Å². The molecule has 8 heteroatoms. The van der Waals surface area contributed by atoms with Gasteiger partial charge in [0.05, 0.1) is 12.6 Å². The number of guanidine groups is 1. The van der Waals surface area contributed by atoms with E-state index in [1.54, 1.807) is 0 Å². The van der Waals surface area contributed by atoms with E-state index >= 15 is 0 Å². The summed E-state index contributed by atoms with van der Waals surface area (Å²) in [4.78, 5) is 31.6. The minimum Gasteiger partial charge on any atom is -0.444 e. The summed E-state index contributed by atoms with van der Waals surface area (Å²) in [6, 6.07) is 0.0637. The molecule has 2 atom stereocenters. The molecular formula is C23H43N5O3. The lowest BCUT2D eigenvalue weighted by atomic mass is 10.1. The quantitative estimate of drug-likeness (QED) is 0.420. The molecule has 0 aromatic carbocycles. The van der Waals surface area contributed by atoms with Gasteiger partial charge < -0.3 is 25.6 Å². The number of likely N-dealkylation sites (tertiary alicyclic amines) is 1. The summed E-state index contributed by atoms with van der Waals surface area (Å²) in [5.41, 5.74) is -0.532. The number of aliphatic imine (C=N–C) groups is 1. The standard InChI is InChI=1S/C23H43N5O3/c1-7-24-21(25-14-19(16(2)3)27-22(30)31-23(4,5)6)26-18-12-13-28(15-18)20(29)17-10-8-9-11-17/h16-19H,7-15H2,1-6H3,(H,27,30)(H2,24,25,26). The highest BCUT2D eigenvalue weighted by Crippen LogP contribution is 2.27. The average molecular weight is 438 g/mol. The number of hydrogen-bond acceptors (Lipinski definition) is 4. The minimum absolute atomic E-state index is 0.130. The number of ether oxygens (including phenoxy) is 1. The summed E-state index contributed by atoms with van der Waals surface area (Å²) in [5, 5.41) is 9.71. The molecule has 31 heavy (non-hydrogen) atoms. The third-order valence-corrected chi connectivity index (χ3v) is 5.84. The summed E-state index contributed by atoms with van der Waals surface area (Å²) < 4.78 is 5.39. The third-order valence-electron chi connectivity index (χ3n) is 5.84. The Morgan fingerprint density at radius 3 is 2.42 bits per heavy atom. The number of carbonyl (C=O) groups excluding carboxylic acids is 2. The first-order chi connectivity index (χ1) is 14.6. The number of hydrogen-bond donors (Lipinski definition) is 3. The molecular weight excluding hydrogens is 394 g/mol. The van der Waals surface area contributed by atoms with Gasteiger partial charge in [-0.25, -0.2) is 4.79 Å². The summed E-state index contributed by atoms with van der Waals surface area (Å²) in [6.07, 6.45) is 4.94. The van der Waals surface area contributed by atoms with Crippen molar-refractivity contribution in [3.05, 3.63) is 0 Å². The smallest absolute Gasteiger partial charge is 0.407 e. The van der Waals surface area contributed by atoms with E-state index in [0.717, 1.165) is 44.9 Å². The fourth-order valence-corrected chi connectivity index (χ4v) is 4.09. The number of rotatable bonds is 7. The SMILES string of the molecule is CCNC(=NCC(NC(=O)OC(C)(C)C)C(C)C)NC1CCN(C(=O)C2CCCC2)C1. The van der Waals surface area contributed by atoms with E-state index in [0.29, 0.717) is 12.5 Å². The zero-order valence-electron chi connectivity index (χ0n) is 20.3. The van der Waals surface area contributed by atoms with Crippen LogP contribution in [0, 0.1) is 11.8 Å². The largest absolute Gasteiger partial charge is 0.444 e. The fourth-order valence-electron chi connectivity index (χ4n) is 4.09. The molecule has 1 aliphatic carbocycles. The van der Waals surface area contributed by atoms with Crippen LogP contribution in [-0.4, -0.2) is 66.7 Å². The second-order valence-corrected chi connectivity index (χ2v) is 10.1. The summed E-state index contributed by atoms with van der Waals surface area (Å²) in [7, 11) is 0. The maximum absolute atomic E-state index is 12.7. The van der Waals surface area contributed by atoms with Crippen LogP contribution in [0.4, 0.5) is 4.79 Å². The predicted molar refractivity (Wildman–Crippen MR) is 124 cm³/mol. The van der Waals surface area contributed by atoms with Crippen LogP contribution in [0.25, 0.3) is 0 Å². The highest BCUT2D eigenvalue weighted by Gasteiger charge is 2.32. The lowest BCUT2D eigenvalue weighted by Crippen LogP contribution is -2.47. The summed E-state index contributed by atoms with van der Waals surface area (Å²) >= 11 is 0. The van der Waals surface area contributed by atoms with Crippen LogP contribution in [0.1, 0.15) is 73.6 Å². The number of alkyl carbamates (subject to hydrolysis) is 1. The molecule has 2 unspecified atom stereocenters. The zero-order chi connectivity index (χ0) is 23.0. The number of nitrogens with one attached hydrogen (secondary N) is 3. The molecule has 2 amide bonds. The highest BCUT2D eigenvalue weighted by atomic mass is 16.6. The molecule has 1 heterocycles. The van der Waals surface area contributed by atoms with E-state index in [1.807, 2.05) is 32.6 Å². The van der Waals surface area contributed by atoms with Gasteiger partial charge in [0.25, 0.3) is 0 Å². The maximum Gasteiger partial charge on any atom is 0.407 e. The Kier molecular flexibility index (Phi) is 9.44.